The summed E-state index contributed by atoms with van der Waals surface area (Å²) in [5.74, 6) is 2.52. The maximum Gasteiger partial charge on any atom is 0.217 e. The van der Waals surface area contributed by atoms with Gasteiger partial charge in [0.1, 0.15) is 11.3 Å². The first-order valence-electron chi connectivity index (χ1n) is 10.2. The van der Waals surface area contributed by atoms with Gasteiger partial charge in [0, 0.05) is 24.0 Å². The Bertz CT molecular complexity index is 1240. The number of methoxy groups -OCH3 is 1. The molecule has 9 heteroatoms. The SMILES string of the molecule is COc1ccc(Cl)cc1-c1nc(=S)n(CN2CCC(c3nc4ccccc4o3)CC2)[nH]1. The molecular weight excluding hydrogens is 434 g/mol. The Kier molecular flexibility index (Phi) is 5.52. The van der Waals surface area contributed by atoms with E-state index < -0.39 is 0 Å². The first-order chi connectivity index (χ1) is 15.1. The van der Waals surface area contributed by atoms with Gasteiger partial charge in [0.05, 0.1) is 19.3 Å². The summed E-state index contributed by atoms with van der Waals surface area (Å²) in [6.45, 7) is 2.51. The lowest BCUT2D eigenvalue weighted by atomic mass is 9.97. The van der Waals surface area contributed by atoms with Gasteiger partial charge in [-0.1, -0.05) is 23.7 Å². The van der Waals surface area contributed by atoms with Gasteiger partial charge in [0.2, 0.25) is 4.77 Å². The monoisotopic (exact) mass is 455 g/mol. The molecule has 0 saturated carbocycles. The number of oxazole rings is 1. The number of benzene rings is 2. The van der Waals surface area contributed by atoms with Crippen LogP contribution >= 0.6 is 23.8 Å². The third-order valence-corrected chi connectivity index (χ3v) is 6.23. The van der Waals surface area contributed by atoms with Crippen LogP contribution in [0.4, 0.5) is 0 Å². The minimum Gasteiger partial charge on any atom is -0.496 e. The number of aromatic amines is 1. The Morgan fingerprint density at radius 1 is 1.19 bits per heavy atom. The largest absolute Gasteiger partial charge is 0.496 e. The number of hydrogen-bond acceptors (Lipinski definition) is 6. The van der Waals surface area contributed by atoms with E-state index in [1.165, 1.54) is 0 Å². The van der Waals surface area contributed by atoms with Crippen molar-refractivity contribution in [3.63, 3.8) is 0 Å². The molecule has 1 saturated heterocycles. The van der Waals surface area contributed by atoms with E-state index >= 15 is 0 Å². The molecule has 5 rings (SSSR count). The molecular formula is C22H22ClN5O2S. The average Bonchev–Trinajstić information content (AvgIpc) is 3.38. The van der Waals surface area contributed by atoms with Crippen LogP contribution in [-0.2, 0) is 6.67 Å². The summed E-state index contributed by atoms with van der Waals surface area (Å²) in [5, 5.41) is 3.91. The zero-order valence-corrected chi connectivity index (χ0v) is 18.6. The summed E-state index contributed by atoms with van der Waals surface area (Å²) < 4.78 is 13.8. The number of H-pyrrole nitrogens is 1. The van der Waals surface area contributed by atoms with Crippen molar-refractivity contribution in [3.05, 3.63) is 58.1 Å². The Morgan fingerprint density at radius 2 is 2.00 bits per heavy atom. The minimum absolute atomic E-state index is 0.338. The highest BCUT2D eigenvalue weighted by atomic mass is 35.5. The molecule has 1 aliphatic rings. The maximum absolute atomic E-state index is 6.16. The van der Waals surface area contributed by atoms with Crippen LogP contribution in [0.1, 0.15) is 24.7 Å². The first kappa shape index (κ1) is 20.2. The quantitative estimate of drug-likeness (QED) is 0.414. The van der Waals surface area contributed by atoms with Crippen LogP contribution in [0, 0.1) is 4.77 Å². The molecule has 4 aromatic rings. The molecule has 3 heterocycles. The first-order valence-corrected chi connectivity index (χ1v) is 11.0. The van der Waals surface area contributed by atoms with Gasteiger partial charge in [0.25, 0.3) is 0 Å². The highest BCUT2D eigenvalue weighted by Crippen LogP contribution is 2.32. The number of fused-ring (bicyclic) bond motifs is 1. The summed E-state index contributed by atoms with van der Waals surface area (Å²) in [4.78, 5) is 11.5. The average molecular weight is 456 g/mol. The second-order valence-electron chi connectivity index (χ2n) is 7.68. The predicted octanol–water partition coefficient (Wildman–Crippen LogP) is 5.25. The van der Waals surface area contributed by atoms with Gasteiger partial charge in [-0.3, -0.25) is 10.00 Å². The molecule has 2 aromatic carbocycles. The van der Waals surface area contributed by atoms with Crippen LogP contribution in [-0.4, -0.2) is 44.8 Å². The molecule has 1 aliphatic heterocycles. The molecule has 1 fully saturated rings. The van der Waals surface area contributed by atoms with E-state index in [0.29, 0.717) is 34.0 Å². The third-order valence-electron chi connectivity index (χ3n) is 5.68. The lowest BCUT2D eigenvalue weighted by Gasteiger charge is -2.30. The van der Waals surface area contributed by atoms with Crippen molar-refractivity contribution in [2.24, 2.45) is 0 Å². The molecule has 31 heavy (non-hydrogen) atoms. The summed E-state index contributed by atoms with van der Waals surface area (Å²) in [7, 11) is 1.62. The van der Waals surface area contributed by atoms with Crippen LogP contribution in [0.5, 0.6) is 5.75 Å². The van der Waals surface area contributed by atoms with Gasteiger partial charge in [-0.15, -0.1) is 0 Å². The van der Waals surface area contributed by atoms with Gasteiger partial charge in [0.15, 0.2) is 17.3 Å². The van der Waals surface area contributed by atoms with Gasteiger partial charge < -0.3 is 9.15 Å². The number of likely N-dealkylation sites (tertiary alicyclic amines) is 1. The molecule has 0 radical (unpaired) electrons. The Hall–Kier alpha value is -2.68. The number of nitrogens with zero attached hydrogens (tertiary/aromatic N) is 4. The van der Waals surface area contributed by atoms with Crippen LogP contribution in [0.2, 0.25) is 5.02 Å². The Balaban J connectivity index is 1.28. The number of halogens is 1. The fourth-order valence-electron chi connectivity index (χ4n) is 4.02. The van der Waals surface area contributed by atoms with E-state index in [9.17, 15) is 0 Å². The molecule has 160 valence electrons. The van der Waals surface area contributed by atoms with Crippen LogP contribution in [0.15, 0.2) is 46.9 Å². The number of ether oxygens (including phenoxy) is 1. The lowest BCUT2D eigenvalue weighted by Crippen LogP contribution is -2.35. The third kappa shape index (κ3) is 4.11. The Morgan fingerprint density at radius 3 is 2.77 bits per heavy atom. The molecule has 0 aliphatic carbocycles. The van der Waals surface area contributed by atoms with Crippen molar-refractivity contribution in [3.8, 4) is 17.1 Å². The summed E-state index contributed by atoms with van der Waals surface area (Å²) in [6.07, 6.45) is 1.98. The van der Waals surface area contributed by atoms with Crippen LogP contribution in [0.25, 0.3) is 22.5 Å². The van der Waals surface area contributed by atoms with Crippen molar-refractivity contribution in [2.75, 3.05) is 20.2 Å². The van der Waals surface area contributed by atoms with Gasteiger partial charge in [-0.05, 0) is 55.4 Å². The van der Waals surface area contributed by atoms with E-state index in [1.807, 2.05) is 41.1 Å². The molecule has 0 atom stereocenters. The maximum atomic E-state index is 6.16. The van der Waals surface area contributed by atoms with Crippen molar-refractivity contribution in [2.45, 2.75) is 25.4 Å². The van der Waals surface area contributed by atoms with Crippen molar-refractivity contribution in [1.29, 1.82) is 0 Å². The smallest absolute Gasteiger partial charge is 0.217 e. The number of rotatable bonds is 5. The zero-order chi connectivity index (χ0) is 21.4. The molecule has 0 unspecified atom stereocenters. The van der Waals surface area contributed by atoms with E-state index in [1.54, 1.807) is 13.2 Å². The normalized spacial score (nSPS) is 15.5. The van der Waals surface area contributed by atoms with Gasteiger partial charge >= 0.3 is 0 Å². The van der Waals surface area contributed by atoms with Gasteiger partial charge in [-0.25, -0.2) is 9.67 Å². The molecule has 7 nitrogen and oxygen atoms in total. The van der Waals surface area contributed by atoms with Crippen molar-refractivity contribution in [1.82, 2.24) is 24.6 Å². The van der Waals surface area contributed by atoms with Crippen molar-refractivity contribution >= 4 is 34.9 Å². The standard InChI is InChI=1S/C22H22ClN5O2S/c1-29-18-7-6-15(23)12-16(18)20-25-22(31)28(26-20)13-27-10-8-14(9-11-27)21-24-17-4-2-3-5-19(17)30-21/h2-7,12,14H,8-11,13H2,1H3,(H,25,26,31). The second kappa shape index (κ2) is 8.45. The highest BCUT2D eigenvalue weighted by molar-refractivity contribution is 7.71. The molecule has 0 spiro atoms. The number of hydrogen-bond donors (Lipinski definition) is 1. The van der Waals surface area contributed by atoms with E-state index in [-0.39, 0.29) is 0 Å². The number of aromatic nitrogens is 4. The lowest BCUT2D eigenvalue weighted by molar-refractivity contribution is 0.153. The minimum atomic E-state index is 0.338. The predicted molar refractivity (Wildman–Crippen MR) is 122 cm³/mol. The van der Waals surface area contributed by atoms with Crippen molar-refractivity contribution < 1.29 is 9.15 Å². The molecule has 0 bridgehead atoms. The van der Waals surface area contributed by atoms with Gasteiger partial charge in [-0.2, -0.15) is 4.98 Å². The summed E-state index contributed by atoms with van der Waals surface area (Å²) >= 11 is 11.7. The number of para-hydroxylation sites is 2. The van der Waals surface area contributed by atoms with E-state index in [0.717, 1.165) is 48.5 Å². The topological polar surface area (TPSA) is 72.1 Å². The summed E-state index contributed by atoms with van der Waals surface area (Å²) in [5.41, 5.74) is 2.56. The summed E-state index contributed by atoms with van der Waals surface area (Å²) in [6, 6.07) is 13.3. The Labute approximate surface area is 189 Å². The molecule has 0 amide bonds. The van der Waals surface area contributed by atoms with Crippen LogP contribution in [0.3, 0.4) is 0 Å². The fraction of sp³-hybridized carbons (Fsp3) is 0.318. The van der Waals surface area contributed by atoms with E-state index in [4.69, 9.17) is 33.0 Å². The second-order valence-corrected chi connectivity index (χ2v) is 8.48. The molecule has 2 aromatic heterocycles. The fourth-order valence-corrected chi connectivity index (χ4v) is 4.39. The van der Waals surface area contributed by atoms with E-state index in [2.05, 4.69) is 20.0 Å². The highest BCUT2D eigenvalue weighted by Gasteiger charge is 2.25. The van der Waals surface area contributed by atoms with Crippen LogP contribution < -0.4 is 4.74 Å². The number of piperidine rings is 1. The zero-order valence-electron chi connectivity index (χ0n) is 17.0. The number of nitrogens with one attached hydrogen (secondary N) is 1. The molecule has 1 N–H and O–H groups in total.